The SMILES string of the molecule is CC(=O)OC(C)OC1=C(C(=O)Nc2cccc(C)n2)N(C)S(=O)(=O)c2ccccc21. The predicted molar refractivity (Wildman–Crippen MR) is 108 cm³/mol. The number of aryl methyl sites for hydroxylation is 1. The number of pyridine rings is 1. The van der Waals surface area contributed by atoms with Crippen LogP contribution in [-0.4, -0.2) is 42.9 Å². The average molecular weight is 431 g/mol. The largest absolute Gasteiger partial charge is 0.452 e. The minimum Gasteiger partial charge on any atom is -0.452 e. The number of carbonyl (C=O) groups is 2. The third-order valence-electron chi connectivity index (χ3n) is 4.26. The molecule has 0 spiro atoms. The summed E-state index contributed by atoms with van der Waals surface area (Å²) in [6.45, 7) is 4.45. The highest BCUT2D eigenvalue weighted by Gasteiger charge is 2.39. The van der Waals surface area contributed by atoms with Gasteiger partial charge in [0, 0.05) is 32.2 Å². The third-order valence-corrected chi connectivity index (χ3v) is 6.08. The van der Waals surface area contributed by atoms with E-state index in [0.717, 1.165) is 4.31 Å². The molecule has 158 valence electrons. The lowest BCUT2D eigenvalue weighted by Gasteiger charge is -2.31. The van der Waals surface area contributed by atoms with E-state index in [4.69, 9.17) is 9.47 Å². The summed E-state index contributed by atoms with van der Waals surface area (Å²) in [5.74, 6) is -1.09. The van der Waals surface area contributed by atoms with Crippen LogP contribution in [0.3, 0.4) is 0 Å². The van der Waals surface area contributed by atoms with Gasteiger partial charge in [-0.1, -0.05) is 18.2 Å². The molecule has 1 aliphatic rings. The molecule has 30 heavy (non-hydrogen) atoms. The van der Waals surface area contributed by atoms with Crippen molar-refractivity contribution in [3.05, 3.63) is 59.4 Å². The molecule has 1 atom stereocenters. The molecule has 10 heteroatoms. The van der Waals surface area contributed by atoms with Crippen molar-refractivity contribution >= 4 is 33.5 Å². The van der Waals surface area contributed by atoms with Crippen LogP contribution in [0.15, 0.2) is 53.1 Å². The average Bonchev–Trinajstić information content (AvgIpc) is 2.66. The molecule has 0 radical (unpaired) electrons. The lowest BCUT2D eigenvalue weighted by atomic mass is 10.1. The minimum absolute atomic E-state index is 0.0252. The predicted octanol–water partition coefficient (Wildman–Crippen LogP) is 2.26. The van der Waals surface area contributed by atoms with Gasteiger partial charge in [-0.25, -0.2) is 13.4 Å². The second-order valence-corrected chi connectivity index (χ2v) is 8.50. The first-order chi connectivity index (χ1) is 14.1. The Hall–Kier alpha value is -3.40. The maximum atomic E-state index is 13.1. The molecule has 2 heterocycles. The van der Waals surface area contributed by atoms with E-state index in [1.165, 1.54) is 33.0 Å². The zero-order valence-electron chi connectivity index (χ0n) is 16.9. The Bertz CT molecular complexity index is 1140. The number of nitrogens with one attached hydrogen (secondary N) is 1. The fourth-order valence-electron chi connectivity index (χ4n) is 2.99. The van der Waals surface area contributed by atoms with Crippen molar-refractivity contribution in [2.24, 2.45) is 0 Å². The van der Waals surface area contributed by atoms with Gasteiger partial charge in [0.25, 0.3) is 15.9 Å². The summed E-state index contributed by atoms with van der Waals surface area (Å²) in [5.41, 5.74) is 0.615. The summed E-state index contributed by atoms with van der Waals surface area (Å²) < 4.78 is 37.6. The van der Waals surface area contributed by atoms with Gasteiger partial charge in [-0.2, -0.15) is 0 Å². The maximum absolute atomic E-state index is 13.1. The number of aromatic nitrogens is 1. The van der Waals surface area contributed by atoms with E-state index in [2.05, 4.69) is 10.3 Å². The van der Waals surface area contributed by atoms with Crippen LogP contribution in [0.2, 0.25) is 0 Å². The molecule has 1 aromatic heterocycles. The Kier molecular flexibility index (Phi) is 5.79. The number of benzene rings is 1. The van der Waals surface area contributed by atoms with Crippen LogP contribution in [0, 0.1) is 6.92 Å². The van der Waals surface area contributed by atoms with Crippen LogP contribution >= 0.6 is 0 Å². The molecule has 0 saturated carbocycles. The van der Waals surface area contributed by atoms with Gasteiger partial charge in [0.1, 0.15) is 5.82 Å². The van der Waals surface area contributed by atoms with E-state index in [9.17, 15) is 18.0 Å². The number of sulfonamides is 1. The molecule has 1 N–H and O–H groups in total. The van der Waals surface area contributed by atoms with Gasteiger partial charge < -0.3 is 14.8 Å². The van der Waals surface area contributed by atoms with Crippen LogP contribution in [0.4, 0.5) is 5.82 Å². The van der Waals surface area contributed by atoms with Crippen molar-refractivity contribution < 1.29 is 27.5 Å². The Labute approximate surface area is 174 Å². The van der Waals surface area contributed by atoms with Crippen molar-refractivity contribution in [3.8, 4) is 0 Å². The number of anilines is 1. The second kappa shape index (κ2) is 8.15. The third kappa shape index (κ3) is 4.13. The molecule has 2 aromatic rings. The molecule has 0 aliphatic carbocycles. The molecule has 9 nitrogen and oxygen atoms in total. The number of esters is 1. The monoisotopic (exact) mass is 431 g/mol. The summed E-state index contributed by atoms with van der Waals surface area (Å²) in [6, 6.07) is 11.2. The quantitative estimate of drug-likeness (QED) is 0.570. The molecule has 1 aliphatic heterocycles. The number of carbonyl (C=O) groups excluding carboxylic acids is 2. The van der Waals surface area contributed by atoms with E-state index in [-0.39, 0.29) is 27.7 Å². The lowest BCUT2D eigenvalue weighted by Crippen LogP contribution is -2.38. The topological polar surface area (TPSA) is 115 Å². The molecule has 0 saturated heterocycles. The highest BCUT2D eigenvalue weighted by molar-refractivity contribution is 7.89. The molecule has 1 unspecified atom stereocenters. The number of fused-ring (bicyclic) bond motifs is 1. The van der Waals surface area contributed by atoms with Gasteiger partial charge in [0.05, 0.1) is 4.90 Å². The molecule has 0 fully saturated rings. The molecule has 3 rings (SSSR count). The molecular weight excluding hydrogens is 410 g/mol. The fraction of sp³-hybridized carbons (Fsp3) is 0.250. The first kappa shape index (κ1) is 21.3. The fourth-order valence-corrected chi connectivity index (χ4v) is 4.39. The van der Waals surface area contributed by atoms with Gasteiger partial charge in [-0.3, -0.25) is 13.9 Å². The first-order valence-electron chi connectivity index (χ1n) is 9.02. The van der Waals surface area contributed by atoms with Crippen LogP contribution < -0.4 is 5.32 Å². The number of hydrogen-bond donors (Lipinski definition) is 1. The van der Waals surface area contributed by atoms with Crippen LogP contribution in [-0.2, 0) is 29.1 Å². The second-order valence-electron chi connectivity index (χ2n) is 6.56. The van der Waals surface area contributed by atoms with Crippen LogP contribution in [0.5, 0.6) is 0 Å². The zero-order valence-corrected chi connectivity index (χ0v) is 17.7. The van der Waals surface area contributed by atoms with Gasteiger partial charge >= 0.3 is 5.97 Å². The van der Waals surface area contributed by atoms with Gasteiger partial charge in [-0.05, 0) is 31.2 Å². The van der Waals surface area contributed by atoms with Crippen LogP contribution in [0.25, 0.3) is 5.76 Å². The van der Waals surface area contributed by atoms with Crippen molar-refractivity contribution in [3.63, 3.8) is 0 Å². The van der Waals surface area contributed by atoms with Crippen LogP contribution in [0.1, 0.15) is 25.1 Å². The van der Waals surface area contributed by atoms with E-state index < -0.39 is 28.2 Å². The summed E-state index contributed by atoms with van der Waals surface area (Å²) in [4.78, 5) is 28.6. The van der Waals surface area contributed by atoms with E-state index >= 15 is 0 Å². The summed E-state index contributed by atoms with van der Waals surface area (Å²) in [7, 11) is -2.75. The number of hydrogen-bond acceptors (Lipinski definition) is 7. The minimum atomic E-state index is -4.00. The lowest BCUT2D eigenvalue weighted by molar-refractivity contribution is -0.161. The van der Waals surface area contributed by atoms with Crippen molar-refractivity contribution in [2.45, 2.75) is 32.0 Å². The summed E-state index contributed by atoms with van der Waals surface area (Å²) >= 11 is 0. The highest BCUT2D eigenvalue weighted by atomic mass is 32.2. The number of likely N-dealkylation sites (N-methyl/N-ethyl adjacent to an activating group) is 1. The number of rotatable bonds is 5. The van der Waals surface area contributed by atoms with E-state index in [0.29, 0.717) is 5.69 Å². The normalized spacial score (nSPS) is 15.8. The van der Waals surface area contributed by atoms with Crippen molar-refractivity contribution in [1.82, 2.24) is 9.29 Å². The Balaban J connectivity index is 2.13. The maximum Gasteiger partial charge on any atom is 0.305 e. The van der Waals surface area contributed by atoms with Gasteiger partial charge in [0.15, 0.2) is 11.5 Å². The van der Waals surface area contributed by atoms with E-state index in [1.807, 2.05) is 0 Å². The zero-order chi connectivity index (χ0) is 22.1. The van der Waals surface area contributed by atoms with E-state index in [1.54, 1.807) is 37.3 Å². The van der Waals surface area contributed by atoms with Crippen molar-refractivity contribution in [1.29, 1.82) is 0 Å². The number of ether oxygens (including phenoxy) is 2. The summed E-state index contributed by atoms with van der Waals surface area (Å²) in [6.07, 6.45) is -1.06. The van der Waals surface area contributed by atoms with Gasteiger partial charge in [0.2, 0.25) is 6.29 Å². The number of nitrogens with zero attached hydrogens (tertiary/aromatic N) is 2. The number of amides is 1. The smallest absolute Gasteiger partial charge is 0.305 e. The standard InChI is InChI=1S/C20H21N3O6S/c1-12-8-7-11-17(21-12)22-20(25)18-19(29-14(3)28-13(2)24)15-9-5-6-10-16(15)30(26,27)23(18)4/h5-11,14H,1-4H3,(H,21,22,25). The molecule has 1 amide bonds. The highest BCUT2D eigenvalue weighted by Crippen LogP contribution is 2.37. The summed E-state index contributed by atoms with van der Waals surface area (Å²) in [5, 5.41) is 2.59. The molecule has 0 bridgehead atoms. The Morgan fingerprint density at radius 3 is 2.50 bits per heavy atom. The first-order valence-corrected chi connectivity index (χ1v) is 10.5. The Morgan fingerprint density at radius 2 is 1.83 bits per heavy atom. The Morgan fingerprint density at radius 1 is 1.13 bits per heavy atom. The van der Waals surface area contributed by atoms with Crippen molar-refractivity contribution in [2.75, 3.05) is 12.4 Å². The van der Waals surface area contributed by atoms with Gasteiger partial charge in [-0.15, -0.1) is 0 Å². The molecular formula is C20H21N3O6S. The molecule has 1 aromatic carbocycles.